The average molecular weight is 297 g/mol. The number of rotatable bonds is 2. The van der Waals surface area contributed by atoms with Gasteiger partial charge in [-0.3, -0.25) is 4.40 Å². The van der Waals surface area contributed by atoms with Crippen LogP contribution in [-0.2, 0) is 5.41 Å². The van der Waals surface area contributed by atoms with Gasteiger partial charge in [-0.05, 0) is 28.3 Å². The van der Waals surface area contributed by atoms with Gasteiger partial charge in [0.15, 0.2) is 0 Å². The number of pyridine rings is 1. The maximum Gasteiger partial charge on any atom is 0.209 e. The number of aromatic nitrogens is 2. The Morgan fingerprint density at radius 2 is 1.77 bits per heavy atom. The third kappa shape index (κ3) is 2.39. The van der Waals surface area contributed by atoms with Crippen LogP contribution in [0.1, 0.15) is 26.3 Å². The van der Waals surface area contributed by atoms with E-state index < -0.39 is 5.82 Å². The molecule has 0 saturated heterocycles. The molecule has 1 aromatic carbocycles. The molecule has 22 heavy (non-hydrogen) atoms. The van der Waals surface area contributed by atoms with Gasteiger partial charge in [-0.2, -0.15) is 0 Å². The summed E-state index contributed by atoms with van der Waals surface area (Å²) in [4.78, 5) is 15.6. The van der Waals surface area contributed by atoms with Crippen LogP contribution in [0, 0.1) is 10.7 Å². The zero-order chi connectivity index (χ0) is 15.9. The molecule has 0 aliphatic heterocycles. The van der Waals surface area contributed by atoms with Gasteiger partial charge in [0.1, 0.15) is 17.2 Å². The van der Waals surface area contributed by atoms with Crippen LogP contribution in [0.5, 0.6) is 0 Å². The number of nitroso groups, excluding NO2 is 1. The smallest absolute Gasteiger partial charge is 0.209 e. The molecule has 0 aliphatic carbocycles. The van der Waals surface area contributed by atoms with Crippen LogP contribution >= 0.6 is 0 Å². The Morgan fingerprint density at radius 1 is 1.09 bits per heavy atom. The van der Waals surface area contributed by atoms with Crippen LogP contribution < -0.4 is 0 Å². The van der Waals surface area contributed by atoms with Crippen molar-refractivity contribution in [2.75, 3.05) is 0 Å². The Balaban J connectivity index is 2.15. The highest BCUT2D eigenvalue weighted by molar-refractivity contribution is 5.74. The van der Waals surface area contributed by atoms with Crippen molar-refractivity contribution in [3.63, 3.8) is 0 Å². The van der Waals surface area contributed by atoms with E-state index >= 15 is 0 Å². The van der Waals surface area contributed by atoms with Gasteiger partial charge in [-0.15, -0.1) is 4.91 Å². The van der Waals surface area contributed by atoms with Crippen molar-refractivity contribution < 1.29 is 4.39 Å². The molecule has 2 heterocycles. The van der Waals surface area contributed by atoms with E-state index in [-0.39, 0.29) is 11.2 Å². The topological polar surface area (TPSA) is 46.7 Å². The van der Waals surface area contributed by atoms with E-state index in [0.29, 0.717) is 11.3 Å². The molecule has 0 amide bonds. The minimum Gasteiger partial charge on any atom is -0.278 e. The molecule has 4 nitrogen and oxygen atoms in total. The standard InChI is InChI=1S/C17H16FN3O/c1-17(2,3)12-6-4-11(5-7-12)15-16(20-22)21-10-13(18)8-9-14(21)19-15/h4-10H,1-3H3. The van der Waals surface area contributed by atoms with E-state index in [0.717, 1.165) is 5.56 Å². The van der Waals surface area contributed by atoms with Crippen LogP contribution in [0.15, 0.2) is 47.8 Å². The SMILES string of the molecule is CC(C)(C)c1ccc(-c2nc3ccc(F)cn3c2N=O)cc1. The van der Waals surface area contributed by atoms with Crippen LogP contribution in [0.3, 0.4) is 0 Å². The predicted molar refractivity (Wildman–Crippen MR) is 84.7 cm³/mol. The molecule has 0 atom stereocenters. The molecule has 112 valence electrons. The molecule has 2 aromatic heterocycles. The van der Waals surface area contributed by atoms with Gasteiger partial charge >= 0.3 is 0 Å². The second-order valence-corrected chi connectivity index (χ2v) is 6.28. The lowest BCUT2D eigenvalue weighted by Gasteiger charge is -2.18. The summed E-state index contributed by atoms with van der Waals surface area (Å²) in [6, 6.07) is 10.7. The Kier molecular flexibility index (Phi) is 3.28. The molecule has 0 N–H and O–H groups in total. The first-order valence-corrected chi connectivity index (χ1v) is 7.02. The molecule has 0 spiro atoms. The Hall–Kier alpha value is -2.56. The monoisotopic (exact) mass is 297 g/mol. The molecule has 5 heteroatoms. The quantitative estimate of drug-likeness (QED) is 0.636. The summed E-state index contributed by atoms with van der Waals surface area (Å²) in [6.07, 6.45) is 1.21. The van der Waals surface area contributed by atoms with E-state index in [2.05, 4.69) is 30.9 Å². The minimum absolute atomic E-state index is 0.0479. The molecular formula is C17H16FN3O. The van der Waals surface area contributed by atoms with Crippen molar-refractivity contribution in [2.45, 2.75) is 26.2 Å². The van der Waals surface area contributed by atoms with E-state index in [4.69, 9.17) is 0 Å². The third-order valence-electron chi connectivity index (χ3n) is 3.67. The van der Waals surface area contributed by atoms with Gasteiger partial charge in [0.25, 0.3) is 0 Å². The fraction of sp³-hybridized carbons (Fsp3) is 0.235. The highest BCUT2D eigenvalue weighted by atomic mass is 19.1. The molecule has 0 unspecified atom stereocenters. The number of fused-ring (bicyclic) bond motifs is 1. The Morgan fingerprint density at radius 3 is 2.36 bits per heavy atom. The summed E-state index contributed by atoms with van der Waals surface area (Å²) < 4.78 is 14.7. The lowest BCUT2D eigenvalue weighted by Crippen LogP contribution is -2.10. The predicted octanol–water partition coefficient (Wildman–Crippen LogP) is 4.84. The second-order valence-electron chi connectivity index (χ2n) is 6.28. The van der Waals surface area contributed by atoms with Crippen LogP contribution in [0.2, 0.25) is 0 Å². The minimum atomic E-state index is -0.440. The highest BCUT2D eigenvalue weighted by Crippen LogP contribution is 2.32. The van der Waals surface area contributed by atoms with Crippen molar-refractivity contribution in [2.24, 2.45) is 5.18 Å². The van der Waals surface area contributed by atoms with Crippen molar-refractivity contribution in [1.82, 2.24) is 9.38 Å². The van der Waals surface area contributed by atoms with Crippen LogP contribution in [0.25, 0.3) is 16.9 Å². The number of imidazole rings is 1. The number of hydrogen-bond donors (Lipinski definition) is 0. The Bertz CT molecular complexity index is 845. The molecule has 0 bridgehead atoms. The van der Waals surface area contributed by atoms with Gasteiger partial charge in [0.05, 0.1) is 0 Å². The molecule has 0 radical (unpaired) electrons. The van der Waals surface area contributed by atoms with Crippen LogP contribution in [-0.4, -0.2) is 9.38 Å². The number of benzene rings is 1. The number of hydrogen-bond acceptors (Lipinski definition) is 3. The average Bonchev–Trinajstić information content (AvgIpc) is 2.84. The van der Waals surface area contributed by atoms with Crippen LogP contribution in [0.4, 0.5) is 10.2 Å². The summed E-state index contributed by atoms with van der Waals surface area (Å²) in [6.45, 7) is 6.40. The summed E-state index contributed by atoms with van der Waals surface area (Å²) in [5, 5.41) is 3.03. The first kappa shape index (κ1) is 14.4. The summed E-state index contributed by atoms with van der Waals surface area (Å²) >= 11 is 0. The first-order valence-electron chi connectivity index (χ1n) is 7.02. The lowest BCUT2D eigenvalue weighted by atomic mass is 9.86. The maximum atomic E-state index is 13.4. The highest BCUT2D eigenvalue weighted by Gasteiger charge is 2.17. The van der Waals surface area contributed by atoms with Crippen molar-refractivity contribution in [3.05, 3.63) is 58.9 Å². The van der Waals surface area contributed by atoms with E-state index in [1.54, 1.807) is 0 Å². The van der Waals surface area contributed by atoms with E-state index in [9.17, 15) is 9.30 Å². The zero-order valence-corrected chi connectivity index (χ0v) is 12.7. The van der Waals surface area contributed by atoms with Gasteiger partial charge < -0.3 is 0 Å². The van der Waals surface area contributed by atoms with Crippen molar-refractivity contribution in [3.8, 4) is 11.3 Å². The summed E-state index contributed by atoms with van der Waals surface area (Å²) in [7, 11) is 0. The molecular weight excluding hydrogens is 281 g/mol. The van der Waals surface area contributed by atoms with E-state index in [1.807, 2.05) is 24.3 Å². The third-order valence-corrected chi connectivity index (χ3v) is 3.67. The first-order chi connectivity index (χ1) is 10.4. The lowest BCUT2D eigenvalue weighted by molar-refractivity contribution is 0.590. The van der Waals surface area contributed by atoms with Crippen molar-refractivity contribution in [1.29, 1.82) is 0 Å². The zero-order valence-electron chi connectivity index (χ0n) is 12.7. The summed E-state index contributed by atoms with van der Waals surface area (Å²) in [5.74, 6) is -0.331. The normalized spacial score (nSPS) is 11.8. The molecule has 0 aliphatic rings. The van der Waals surface area contributed by atoms with E-state index in [1.165, 1.54) is 28.3 Å². The van der Waals surface area contributed by atoms with Gasteiger partial charge in [-0.25, -0.2) is 9.37 Å². The Labute approximate surface area is 127 Å². The largest absolute Gasteiger partial charge is 0.278 e. The van der Waals surface area contributed by atoms with Gasteiger partial charge in [0, 0.05) is 11.8 Å². The molecule has 3 rings (SSSR count). The number of nitrogens with zero attached hydrogens (tertiary/aromatic N) is 3. The number of halogens is 1. The van der Waals surface area contributed by atoms with Gasteiger partial charge in [-0.1, -0.05) is 45.0 Å². The second kappa shape index (κ2) is 5.02. The maximum absolute atomic E-state index is 13.4. The fourth-order valence-electron chi connectivity index (χ4n) is 2.42. The van der Waals surface area contributed by atoms with Gasteiger partial charge in [0.2, 0.25) is 5.82 Å². The summed E-state index contributed by atoms with van der Waals surface area (Å²) in [5.41, 5.74) is 2.97. The molecule has 0 fully saturated rings. The molecule has 3 aromatic rings. The fourth-order valence-corrected chi connectivity index (χ4v) is 2.42. The van der Waals surface area contributed by atoms with Crippen molar-refractivity contribution >= 4 is 11.5 Å². The molecule has 0 saturated carbocycles.